The summed E-state index contributed by atoms with van der Waals surface area (Å²) in [6, 6.07) is 7.96. The van der Waals surface area contributed by atoms with Crippen molar-refractivity contribution in [2.24, 2.45) is 0 Å². The normalized spacial score (nSPS) is 14.5. The fourth-order valence-electron chi connectivity index (χ4n) is 3.47. The van der Waals surface area contributed by atoms with E-state index in [2.05, 4.69) is 44.3 Å². The number of thiophene rings is 1. The van der Waals surface area contributed by atoms with Gasteiger partial charge in [0.1, 0.15) is 23.7 Å². The van der Waals surface area contributed by atoms with Crippen LogP contribution in [-0.4, -0.2) is 60.9 Å². The van der Waals surface area contributed by atoms with Crippen LogP contribution in [0.2, 0.25) is 0 Å². The Morgan fingerprint density at radius 1 is 1.20 bits per heavy atom. The average molecular weight is 424 g/mol. The Hall–Kier alpha value is -3.17. The Bertz CT molecular complexity index is 1030. The van der Waals surface area contributed by atoms with E-state index in [1.165, 1.54) is 17.7 Å². The first kappa shape index (κ1) is 20.1. The number of nitrogens with two attached hydrogens (primary N) is 1. The van der Waals surface area contributed by atoms with Gasteiger partial charge in [0.25, 0.3) is 0 Å². The van der Waals surface area contributed by atoms with Crippen molar-refractivity contribution in [1.29, 1.82) is 5.41 Å². The molecule has 0 amide bonds. The standard InChI is InChI=1S/C21H25N7OS/c1-27-6-8-28(9-7-27)15-3-4-17(29-2)16(11-15)26-21-18(20(23)24-13-25-21)19(22)14-5-10-30-12-14/h3-5,10-13,22H,6-9H2,1-2H3,(H3,23,24,25,26). The molecule has 1 fully saturated rings. The molecule has 4 rings (SSSR count). The predicted octanol–water partition coefficient (Wildman–Crippen LogP) is 3.04. The van der Waals surface area contributed by atoms with Crippen LogP contribution in [0.5, 0.6) is 5.75 Å². The maximum absolute atomic E-state index is 8.62. The van der Waals surface area contributed by atoms with Crippen LogP contribution in [0.4, 0.5) is 23.0 Å². The number of methoxy groups -OCH3 is 1. The van der Waals surface area contributed by atoms with Crippen molar-refractivity contribution < 1.29 is 4.74 Å². The van der Waals surface area contributed by atoms with Crippen LogP contribution in [0.15, 0.2) is 41.4 Å². The second kappa shape index (κ2) is 8.68. The SMILES string of the molecule is COc1ccc(N2CCN(C)CC2)cc1Nc1ncnc(N)c1C(=N)c1ccsc1. The van der Waals surface area contributed by atoms with E-state index in [9.17, 15) is 0 Å². The molecular weight excluding hydrogens is 398 g/mol. The van der Waals surface area contributed by atoms with Gasteiger partial charge in [-0.1, -0.05) is 0 Å². The molecule has 0 saturated carbocycles. The molecule has 0 bridgehead atoms. The van der Waals surface area contributed by atoms with E-state index < -0.39 is 0 Å². The summed E-state index contributed by atoms with van der Waals surface area (Å²) in [6.45, 7) is 3.99. The molecule has 1 aliphatic rings. The minimum Gasteiger partial charge on any atom is -0.495 e. The maximum Gasteiger partial charge on any atom is 0.145 e. The molecule has 3 aromatic rings. The fraction of sp³-hybridized carbons (Fsp3) is 0.286. The van der Waals surface area contributed by atoms with Crippen LogP contribution < -0.4 is 20.7 Å². The van der Waals surface area contributed by atoms with E-state index >= 15 is 0 Å². The van der Waals surface area contributed by atoms with Gasteiger partial charge < -0.3 is 25.6 Å². The highest BCUT2D eigenvalue weighted by atomic mass is 32.1. The second-order valence-electron chi connectivity index (χ2n) is 7.17. The van der Waals surface area contributed by atoms with Gasteiger partial charge in [-0.05, 0) is 36.7 Å². The lowest BCUT2D eigenvalue weighted by Crippen LogP contribution is -2.44. The van der Waals surface area contributed by atoms with Crippen LogP contribution in [0.1, 0.15) is 11.1 Å². The zero-order valence-corrected chi connectivity index (χ0v) is 17.9. The summed E-state index contributed by atoms with van der Waals surface area (Å²) in [5.41, 5.74) is 9.56. The number of likely N-dealkylation sites (N-methyl/N-ethyl adjacent to an activating group) is 1. The summed E-state index contributed by atoms with van der Waals surface area (Å²) in [5.74, 6) is 1.43. The van der Waals surface area contributed by atoms with Gasteiger partial charge in [0.15, 0.2) is 0 Å². The Kier molecular flexibility index (Phi) is 5.82. The summed E-state index contributed by atoms with van der Waals surface area (Å²) in [5, 5.41) is 15.8. The van der Waals surface area contributed by atoms with E-state index in [4.69, 9.17) is 15.9 Å². The number of anilines is 4. The molecule has 9 heteroatoms. The lowest BCUT2D eigenvalue weighted by Gasteiger charge is -2.34. The zero-order chi connectivity index (χ0) is 21.1. The Balaban J connectivity index is 1.68. The highest BCUT2D eigenvalue weighted by molar-refractivity contribution is 7.08. The minimum atomic E-state index is 0.262. The molecule has 156 valence electrons. The number of nitrogen functional groups attached to an aromatic ring is 1. The smallest absolute Gasteiger partial charge is 0.145 e. The van der Waals surface area contributed by atoms with Crippen molar-refractivity contribution in [2.45, 2.75) is 0 Å². The molecule has 2 aromatic heterocycles. The molecule has 0 aliphatic carbocycles. The molecular formula is C21H25N7OS. The van der Waals surface area contributed by atoms with Crippen molar-refractivity contribution in [3.63, 3.8) is 0 Å². The molecule has 4 N–H and O–H groups in total. The number of hydrogen-bond donors (Lipinski definition) is 3. The monoisotopic (exact) mass is 423 g/mol. The molecule has 3 heterocycles. The molecule has 1 aliphatic heterocycles. The number of ether oxygens (including phenoxy) is 1. The van der Waals surface area contributed by atoms with Gasteiger partial charge in [-0.2, -0.15) is 11.3 Å². The van der Waals surface area contributed by atoms with Crippen molar-refractivity contribution in [3.05, 3.63) is 52.5 Å². The van der Waals surface area contributed by atoms with Crippen molar-refractivity contribution >= 4 is 40.1 Å². The first-order valence-electron chi connectivity index (χ1n) is 9.67. The van der Waals surface area contributed by atoms with Crippen LogP contribution >= 0.6 is 11.3 Å². The minimum absolute atomic E-state index is 0.262. The summed E-state index contributed by atoms with van der Waals surface area (Å²) in [7, 11) is 3.78. The van der Waals surface area contributed by atoms with Crippen molar-refractivity contribution in [2.75, 3.05) is 56.3 Å². The van der Waals surface area contributed by atoms with E-state index in [-0.39, 0.29) is 11.5 Å². The van der Waals surface area contributed by atoms with Gasteiger partial charge in [0.2, 0.25) is 0 Å². The third-order valence-corrected chi connectivity index (χ3v) is 5.92. The summed E-state index contributed by atoms with van der Waals surface area (Å²) in [6.07, 6.45) is 1.40. The molecule has 0 spiro atoms. The van der Waals surface area contributed by atoms with Crippen molar-refractivity contribution in [3.8, 4) is 5.75 Å². The second-order valence-corrected chi connectivity index (χ2v) is 7.95. The zero-order valence-electron chi connectivity index (χ0n) is 17.1. The third kappa shape index (κ3) is 4.07. The number of hydrogen-bond acceptors (Lipinski definition) is 9. The highest BCUT2D eigenvalue weighted by Gasteiger charge is 2.19. The topological polar surface area (TPSA) is 103 Å². The summed E-state index contributed by atoms with van der Waals surface area (Å²) < 4.78 is 5.56. The quantitative estimate of drug-likeness (QED) is 0.524. The number of nitrogens with one attached hydrogen (secondary N) is 2. The molecule has 1 aromatic carbocycles. The number of aromatic nitrogens is 2. The van der Waals surface area contributed by atoms with Gasteiger partial charge in [-0.15, -0.1) is 0 Å². The molecule has 8 nitrogen and oxygen atoms in total. The number of rotatable bonds is 6. The molecule has 0 atom stereocenters. The molecule has 0 radical (unpaired) electrons. The van der Waals surface area contributed by atoms with Gasteiger partial charge in [0, 0.05) is 42.8 Å². The van der Waals surface area contributed by atoms with Crippen LogP contribution in [0.25, 0.3) is 0 Å². The van der Waals surface area contributed by atoms with E-state index in [0.29, 0.717) is 17.1 Å². The van der Waals surface area contributed by atoms with E-state index in [0.717, 1.165) is 43.1 Å². The number of benzene rings is 1. The summed E-state index contributed by atoms with van der Waals surface area (Å²) in [4.78, 5) is 13.2. The third-order valence-electron chi connectivity index (χ3n) is 5.24. The Morgan fingerprint density at radius 3 is 2.70 bits per heavy atom. The molecule has 1 saturated heterocycles. The lowest BCUT2D eigenvalue weighted by atomic mass is 10.1. The molecule has 30 heavy (non-hydrogen) atoms. The van der Waals surface area contributed by atoms with Crippen LogP contribution in [0.3, 0.4) is 0 Å². The maximum atomic E-state index is 8.62. The number of piperazine rings is 1. The Morgan fingerprint density at radius 2 is 2.00 bits per heavy atom. The Labute approximate surface area is 179 Å². The predicted molar refractivity (Wildman–Crippen MR) is 123 cm³/mol. The lowest BCUT2D eigenvalue weighted by molar-refractivity contribution is 0.313. The van der Waals surface area contributed by atoms with Crippen LogP contribution in [-0.2, 0) is 0 Å². The van der Waals surface area contributed by atoms with Gasteiger partial charge >= 0.3 is 0 Å². The fourth-order valence-corrected chi connectivity index (χ4v) is 4.12. The van der Waals surface area contributed by atoms with Crippen molar-refractivity contribution in [1.82, 2.24) is 14.9 Å². The molecule has 0 unspecified atom stereocenters. The average Bonchev–Trinajstić information content (AvgIpc) is 3.29. The van der Waals surface area contributed by atoms with Crippen LogP contribution in [0, 0.1) is 5.41 Å². The van der Waals surface area contributed by atoms with Gasteiger partial charge in [-0.3, -0.25) is 5.41 Å². The highest BCUT2D eigenvalue weighted by Crippen LogP contribution is 2.34. The first-order chi connectivity index (χ1) is 14.6. The van der Waals surface area contributed by atoms with E-state index in [1.54, 1.807) is 7.11 Å². The van der Waals surface area contributed by atoms with E-state index in [1.807, 2.05) is 22.9 Å². The van der Waals surface area contributed by atoms with Gasteiger partial charge in [-0.25, -0.2) is 9.97 Å². The number of nitrogens with zero attached hydrogens (tertiary/aromatic N) is 4. The summed E-state index contributed by atoms with van der Waals surface area (Å²) >= 11 is 1.53. The first-order valence-corrected chi connectivity index (χ1v) is 10.6. The largest absolute Gasteiger partial charge is 0.495 e. The van der Waals surface area contributed by atoms with Gasteiger partial charge in [0.05, 0.1) is 24.1 Å².